The van der Waals surface area contributed by atoms with Crippen LogP contribution in [0.5, 0.6) is 0 Å². The largest absolute Gasteiger partial charge is 0.399 e. The number of sulfone groups is 1. The van der Waals surface area contributed by atoms with Crippen molar-refractivity contribution in [3.05, 3.63) is 65.3 Å². The van der Waals surface area contributed by atoms with Gasteiger partial charge < -0.3 is 15.4 Å². The SMILES string of the molecule is C[C@H]1COCCN1c1cc(C2(S(=O)(=O)c3ccc(Cl)cc3)CC2)nc(-c2ccc(N)cc2)n1. The van der Waals surface area contributed by atoms with Gasteiger partial charge in [0.05, 0.1) is 29.8 Å². The summed E-state index contributed by atoms with van der Waals surface area (Å²) in [7, 11) is -3.68. The molecule has 172 valence electrons. The second-order valence-electron chi connectivity index (χ2n) is 8.63. The Balaban J connectivity index is 1.64. The summed E-state index contributed by atoms with van der Waals surface area (Å²) in [5.41, 5.74) is 7.81. The molecule has 3 aromatic rings. The molecule has 2 N–H and O–H groups in total. The second kappa shape index (κ2) is 8.27. The molecule has 7 nitrogen and oxygen atoms in total. The van der Waals surface area contributed by atoms with Crippen LogP contribution in [-0.4, -0.2) is 44.2 Å². The molecule has 2 aliphatic rings. The number of rotatable bonds is 5. The Kier molecular flexibility index (Phi) is 5.55. The zero-order chi connectivity index (χ0) is 23.2. The summed E-state index contributed by atoms with van der Waals surface area (Å²) in [6, 6.07) is 15.6. The van der Waals surface area contributed by atoms with Gasteiger partial charge in [-0.2, -0.15) is 0 Å². The Labute approximate surface area is 198 Å². The number of aromatic nitrogens is 2. The Morgan fingerprint density at radius 1 is 1.09 bits per heavy atom. The maximum Gasteiger partial charge on any atom is 0.189 e. The number of morpholine rings is 1. The van der Waals surface area contributed by atoms with E-state index >= 15 is 0 Å². The highest BCUT2D eigenvalue weighted by Crippen LogP contribution is 2.55. The number of halogens is 1. The van der Waals surface area contributed by atoms with E-state index in [9.17, 15) is 8.42 Å². The zero-order valence-corrected chi connectivity index (χ0v) is 19.8. The van der Waals surface area contributed by atoms with Gasteiger partial charge in [-0.1, -0.05) is 11.6 Å². The molecule has 2 heterocycles. The molecule has 0 radical (unpaired) electrons. The lowest BCUT2D eigenvalue weighted by Gasteiger charge is -2.34. The van der Waals surface area contributed by atoms with Gasteiger partial charge in [0.15, 0.2) is 15.7 Å². The number of ether oxygens (including phenoxy) is 1. The molecule has 1 aliphatic carbocycles. The van der Waals surface area contributed by atoms with Crippen molar-refractivity contribution in [3.8, 4) is 11.4 Å². The lowest BCUT2D eigenvalue weighted by atomic mass is 10.1. The van der Waals surface area contributed by atoms with Crippen molar-refractivity contribution in [2.45, 2.75) is 35.4 Å². The summed E-state index contributed by atoms with van der Waals surface area (Å²) in [5, 5.41) is 0.495. The Morgan fingerprint density at radius 2 is 1.79 bits per heavy atom. The van der Waals surface area contributed by atoms with Gasteiger partial charge in [-0.25, -0.2) is 18.4 Å². The second-order valence-corrected chi connectivity index (χ2v) is 11.3. The molecule has 1 saturated heterocycles. The molecule has 0 unspecified atom stereocenters. The van der Waals surface area contributed by atoms with E-state index in [0.29, 0.717) is 60.6 Å². The van der Waals surface area contributed by atoms with Gasteiger partial charge >= 0.3 is 0 Å². The fourth-order valence-corrected chi connectivity index (χ4v) is 6.35. The van der Waals surface area contributed by atoms with Crippen LogP contribution in [0.1, 0.15) is 25.5 Å². The molecule has 5 rings (SSSR count). The molecule has 1 aliphatic heterocycles. The van der Waals surface area contributed by atoms with Gasteiger partial charge in [0.25, 0.3) is 0 Å². The summed E-state index contributed by atoms with van der Waals surface area (Å²) in [5.74, 6) is 1.19. The molecule has 1 aromatic heterocycles. The lowest BCUT2D eigenvalue weighted by molar-refractivity contribution is 0.0985. The molecule has 2 aromatic carbocycles. The van der Waals surface area contributed by atoms with E-state index in [1.807, 2.05) is 18.2 Å². The summed E-state index contributed by atoms with van der Waals surface area (Å²) in [4.78, 5) is 12.0. The van der Waals surface area contributed by atoms with Crippen LogP contribution >= 0.6 is 11.6 Å². The fraction of sp³-hybridized carbons (Fsp3) is 0.333. The summed E-state index contributed by atoms with van der Waals surface area (Å²) >= 11 is 5.99. The number of nitrogen functional groups attached to an aromatic ring is 1. The number of nitrogens with two attached hydrogens (primary N) is 1. The molecule has 33 heavy (non-hydrogen) atoms. The van der Waals surface area contributed by atoms with Gasteiger partial charge in [-0.15, -0.1) is 0 Å². The van der Waals surface area contributed by atoms with Gasteiger partial charge in [0.1, 0.15) is 10.6 Å². The number of hydrogen-bond donors (Lipinski definition) is 1. The third kappa shape index (κ3) is 3.96. The standard InChI is InChI=1S/C24H25ClN4O3S/c1-16-15-32-13-12-29(16)22-14-21(27-23(28-22)17-2-6-19(26)7-3-17)24(10-11-24)33(30,31)20-8-4-18(25)5-9-20/h2-9,14,16H,10-13,15,26H2,1H3/t16-/m0/s1. The average molecular weight is 485 g/mol. The van der Waals surface area contributed by atoms with E-state index in [1.165, 1.54) is 0 Å². The van der Waals surface area contributed by atoms with Gasteiger partial charge in [0, 0.05) is 28.9 Å². The number of nitrogens with zero attached hydrogens (tertiary/aromatic N) is 3. The predicted octanol–water partition coefficient (Wildman–Crippen LogP) is 4.07. The summed E-state index contributed by atoms with van der Waals surface area (Å²) in [6.45, 7) is 3.93. The van der Waals surface area contributed by atoms with E-state index < -0.39 is 14.6 Å². The molecular formula is C24H25ClN4O3S. The van der Waals surface area contributed by atoms with Crippen LogP contribution in [0.4, 0.5) is 11.5 Å². The molecule has 0 bridgehead atoms. The van der Waals surface area contributed by atoms with Crippen molar-refractivity contribution in [1.82, 2.24) is 9.97 Å². The lowest BCUT2D eigenvalue weighted by Crippen LogP contribution is -2.44. The normalized spacial score (nSPS) is 19.9. The molecule has 9 heteroatoms. The molecule has 0 amide bonds. The van der Waals surface area contributed by atoms with E-state index in [-0.39, 0.29) is 10.9 Å². The van der Waals surface area contributed by atoms with Gasteiger partial charge in [-0.05, 0) is 68.3 Å². The zero-order valence-electron chi connectivity index (χ0n) is 18.2. The molecule has 2 fully saturated rings. The van der Waals surface area contributed by atoms with Crippen LogP contribution in [-0.2, 0) is 19.3 Å². The highest BCUT2D eigenvalue weighted by molar-refractivity contribution is 7.92. The molecular weight excluding hydrogens is 460 g/mol. The third-order valence-electron chi connectivity index (χ3n) is 6.35. The van der Waals surface area contributed by atoms with Crippen LogP contribution in [0, 0.1) is 0 Å². The first-order valence-electron chi connectivity index (χ1n) is 10.9. The van der Waals surface area contributed by atoms with Crippen molar-refractivity contribution < 1.29 is 13.2 Å². The Bertz CT molecular complexity index is 1280. The number of benzene rings is 2. The maximum absolute atomic E-state index is 13.7. The quantitative estimate of drug-likeness (QED) is 0.545. The first-order chi connectivity index (χ1) is 15.8. The number of anilines is 2. The highest BCUT2D eigenvalue weighted by atomic mass is 35.5. The van der Waals surface area contributed by atoms with E-state index in [0.717, 1.165) is 5.56 Å². The van der Waals surface area contributed by atoms with Crippen LogP contribution in [0.15, 0.2) is 59.5 Å². The third-order valence-corrected chi connectivity index (χ3v) is 9.14. The highest BCUT2D eigenvalue weighted by Gasteiger charge is 2.58. The first kappa shape index (κ1) is 22.1. The van der Waals surface area contributed by atoms with Crippen molar-refractivity contribution in [1.29, 1.82) is 0 Å². The first-order valence-corrected chi connectivity index (χ1v) is 12.8. The van der Waals surface area contributed by atoms with Gasteiger partial charge in [-0.3, -0.25) is 0 Å². The van der Waals surface area contributed by atoms with Crippen molar-refractivity contribution in [3.63, 3.8) is 0 Å². The van der Waals surface area contributed by atoms with Gasteiger partial charge in [0.2, 0.25) is 0 Å². The smallest absolute Gasteiger partial charge is 0.189 e. The van der Waals surface area contributed by atoms with E-state index in [1.54, 1.807) is 36.4 Å². The molecule has 0 spiro atoms. The average Bonchev–Trinajstić information content (AvgIpc) is 3.63. The van der Waals surface area contributed by atoms with Crippen LogP contribution in [0.3, 0.4) is 0 Å². The predicted molar refractivity (Wildman–Crippen MR) is 129 cm³/mol. The van der Waals surface area contributed by atoms with E-state index in [4.69, 9.17) is 32.0 Å². The summed E-state index contributed by atoms with van der Waals surface area (Å²) in [6.07, 6.45) is 1.02. The number of hydrogen-bond acceptors (Lipinski definition) is 7. The van der Waals surface area contributed by atoms with Crippen LogP contribution in [0.2, 0.25) is 5.02 Å². The topological polar surface area (TPSA) is 98.4 Å². The van der Waals surface area contributed by atoms with Crippen molar-refractivity contribution in [2.24, 2.45) is 0 Å². The fourth-order valence-electron chi connectivity index (χ4n) is 4.26. The van der Waals surface area contributed by atoms with Crippen molar-refractivity contribution in [2.75, 3.05) is 30.4 Å². The van der Waals surface area contributed by atoms with E-state index in [2.05, 4.69) is 11.8 Å². The summed E-state index contributed by atoms with van der Waals surface area (Å²) < 4.78 is 32.0. The molecule has 1 saturated carbocycles. The van der Waals surface area contributed by atoms with Crippen LogP contribution < -0.4 is 10.6 Å². The maximum atomic E-state index is 13.7. The van der Waals surface area contributed by atoms with Crippen LogP contribution in [0.25, 0.3) is 11.4 Å². The Morgan fingerprint density at radius 3 is 2.42 bits per heavy atom. The minimum absolute atomic E-state index is 0.115. The minimum Gasteiger partial charge on any atom is -0.399 e. The monoisotopic (exact) mass is 484 g/mol. The molecule has 1 atom stereocenters. The Hall–Kier alpha value is -2.68. The minimum atomic E-state index is -3.68. The van der Waals surface area contributed by atoms with Crippen molar-refractivity contribution >= 4 is 32.9 Å².